The summed E-state index contributed by atoms with van der Waals surface area (Å²) >= 11 is 17.1. The molecule has 0 unspecified atom stereocenters. The summed E-state index contributed by atoms with van der Waals surface area (Å²) in [6.45, 7) is 2.58. The second-order valence-electron chi connectivity index (χ2n) is 4.55. The van der Waals surface area contributed by atoms with Crippen LogP contribution in [0.2, 0.25) is 10.0 Å². The number of nitrogens with zero attached hydrogens (tertiary/aromatic N) is 2. The van der Waals surface area contributed by atoms with Crippen molar-refractivity contribution in [2.75, 3.05) is 35.3 Å². The van der Waals surface area contributed by atoms with E-state index in [0.717, 1.165) is 0 Å². The zero-order valence-corrected chi connectivity index (χ0v) is 15.3. The molecular formula is C14H16Cl2N6OS. The third kappa shape index (κ3) is 4.50. The van der Waals surface area contributed by atoms with Crippen LogP contribution in [0.1, 0.15) is 6.92 Å². The molecule has 0 amide bonds. The molecule has 0 radical (unpaired) electrons. The van der Waals surface area contributed by atoms with E-state index in [-0.39, 0.29) is 16.9 Å². The molecule has 0 bridgehead atoms. The van der Waals surface area contributed by atoms with Crippen molar-refractivity contribution in [3.8, 4) is 5.75 Å². The molecule has 5 N–H and O–H groups in total. The summed E-state index contributed by atoms with van der Waals surface area (Å²) in [4.78, 5) is 8.41. The molecule has 128 valence electrons. The van der Waals surface area contributed by atoms with E-state index >= 15 is 0 Å². The number of anilines is 4. The van der Waals surface area contributed by atoms with Crippen molar-refractivity contribution in [2.45, 2.75) is 6.92 Å². The number of rotatable bonds is 5. The Labute approximate surface area is 154 Å². The van der Waals surface area contributed by atoms with E-state index in [1.54, 1.807) is 18.2 Å². The monoisotopic (exact) mass is 386 g/mol. The fourth-order valence-corrected chi connectivity index (χ4v) is 2.36. The number of nitrogens with one attached hydrogen (secondary N) is 3. The van der Waals surface area contributed by atoms with Gasteiger partial charge in [0.2, 0.25) is 11.7 Å². The second-order valence-corrected chi connectivity index (χ2v) is 5.78. The maximum absolute atomic E-state index is 5.97. The predicted octanol–water partition coefficient (Wildman–Crippen LogP) is 3.61. The first-order valence-corrected chi connectivity index (χ1v) is 8.09. The van der Waals surface area contributed by atoms with Crippen LogP contribution in [0.15, 0.2) is 18.2 Å². The van der Waals surface area contributed by atoms with Crippen LogP contribution < -0.4 is 26.4 Å². The highest BCUT2D eigenvalue weighted by molar-refractivity contribution is 7.80. The highest BCUT2D eigenvalue weighted by Gasteiger charge is 2.13. The molecule has 0 saturated heterocycles. The van der Waals surface area contributed by atoms with Gasteiger partial charge in [-0.3, -0.25) is 0 Å². The van der Waals surface area contributed by atoms with E-state index in [4.69, 9.17) is 45.9 Å². The Bertz CT molecular complexity index is 758. The lowest BCUT2D eigenvalue weighted by molar-refractivity contribution is 0.415. The van der Waals surface area contributed by atoms with Gasteiger partial charge in [0, 0.05) is 12.2 Å². The summed E-state index contributed by atoms with van der Waals surface area (Å²) in [6, 6.07) is 5.07. The van der Waals surface area contributed by atoms with Gasteiger partial charge >= 0.3 is 0 Å². The Balaban J connectivity index is 2.14. The molecule has 0 atom stereocenters. The van der Waals surface area contributed by atoms with E-state index in [0.29, 0.717) is 33.8 Å². The molecule has 24 heavy (non-hydrogen) atoms. The molecule has 0 spiro atoms. The van der Waals surface area contributed by atoms with Crippen molar-refractivity contribution in [3.05, 3.63) is 28.2 Å². The number of ether oxygens (including phenoxy) is 1. The number of nitrogen functional groups attached to an aromatic ring is 1. The molecule has 0 aliphatic heterocycles. The van der Waals surface area contributed by atoms with E-state index < -0.39 is 0 Å². The minimum atomic E-state index is 0.197. The van der Waals surface area contributed by atoms with E-state index in [2.05, 4.69) is 25.9 Å². The largest absolute Gasteiger partial charge is 0.490 e. The molecule has 1 aromatic heterocycles. The first-order valence-electron chi connectivity index (χ1n) is 6.93. The van der Waals surface area contributed by atoms with E-state index in [1.807, 2.05) is 6.92 Å². The van der Waals surface area contributed by atoms with Gasteiger partial charge in [-0.2, -0.15) is 9.97 Å². The fourth-order valence-electron chi connectivity index (χ4n) is 1.85. The third-order valence-corrected chi connectivity index (χ3v) is 3.79. The van der Waals surface area contributed by atoms with Gasteiger partial charge in [-0.05, 0) is 37.3 Å². The van der Waals surface area contributed by atoms with Crippen LogP contribution in [-0.4, -0.2) is 28.7 Å². The molecule has 2 rings (SSSR count). The number of hydrogen-bond donors (Lipinski definition) is 4. The SMILES string of the molecule is CCNc1nc(NC(=S)Nc2ccc(Cl)c(Cl)c2)nc(N)c1OC. The Morgan fingerprint density at radius 2 is 2.00 bits per heavy atom. The van der Waals surface area contributed by atoms with E-state index in [9.17, 15) is 0 Å². The number of benzene rings is 1. The van der Waals surface area contributed by atoms with E-state index in [1.165, 1.54) is 7.11 Å². The van der Waals surface area contributed by atoms with Crippen LogP contribution >= 0.6 is 35.4 Å². The summed E-state index contributed by atoms with van der Waals surface area (Å²) in [5, 5.41) is 10.0. The Hall–Kier alpha value is -2.03. The zero-order chi connectivity index (χ0) is 17.7. The maximum Gasteiger partial charge on any atom is 0.233 e. The summed E-state index contributed by atoms with van der Waals surface area (Å²) in [5.74, 6) is 1.29. The number of nitrogens with two attached hydrogens (primary N) is 1. The van der Waals surface area contributed by atoms with Crippen LogP contribution in [0, 0.1) is 0 Å². The fraction of sp³-hybridized carbons (Fsp3) is 0.214. The summed E-state index contributed by atoms with van der Waals surface area (Å²) < 4.78 is 5.19. The summed E-state index contributed by atoms with van der Waals surface area (Å²) in [7, 11) is 1.50. The first kappa shape index (κ1) is 18.3. The lowest BCUT2D eigenvalue weighted by atomic mass is 10.3. The van der Waals surface area contributed by atoms with Crippen LogP contribution in [0.4, 0.5) is 23.3 Å². The van der Waals surface area contributed by atoms with Gasteiger partial charge in [0.25, 0.3) is 0 Å². The molecule has 0 aliphatic carbocycles. The van der Waals surface area contributed by atoms with Crippen LogP contribution in [0.5, 0.6) is 5.75 Å². The Morgan fingerprint density at radius 1 is 1.25 bits per heavy atom. The van der Waals surface area contributed by atoms with Crippen LogP contribution in [-0.2, 0) is 0 Å². The van der Waals surface area contributed by atoms with Gasteiger partial charge < -0.3 is 26.4 Å². The maximum atomic E-state index is 5.97. The predicted molar refractivity (Wildman–Crippen MR) is 103 cm³/mol. The molecule has 1 heterocycles. The van der Waals surface area contributed by atoms with Gasteiger partial charge in [0.05, 0.1) is 17.2 Å². The van der Waals surface area contributed by atoms with Crippen molar-refractivity contribution < 1.29 is 4.74 Å². The smallest absolute Gasteiger partial charge is 0.233 e. The van der Waals surface area contributed by atoms with Crippen molar-refractivity contribution >= 4 is 63.8 Å². The zero-order valence-electron chi connectivity index (χ0n) is 13.0. The molecule has 0 aliphatic rings. The van der Waals surface area contributed by atoms with Crippen molar-refractivity contribution in [1.29, 1.82) is 0 Å². The quantitative estimate of drug-likeness (QED) is 0.578. The summed E-state index contributed by atoms with van der Waals surface area (Å²) in [6.07, 6.45) is 0. The molecular weight excluding hydrogens is 371 g/mol. The number of thiocarbonyl (C=S) groups is 1. The minimum Gasteiger partial charge on any atom is -0.490 e. The van der Waals surface area contributed by atoms with Crippen LogP contribution in [0.25, 0.3) is 0 Å². The van der Waals surface area contributed by atoms with Crippen molar-refractivity contribution in [3.63, 3.8) is 0 Å². The van der Waals surface area contributed by atoms with Gasteiger partial charge in [0.1, 0.15) is 0 Å². The Kier molecular flexibility index (Phi) is 6.24. The highest BCUT2D eigenvalue weighted by atomic mass is 35.5. The molecule has 1 aromatic carbocycles. The molecule has 0 fully saturated rings. The number of aromatic nitrogens is 2. The average molecular weight is 387 g/mol. The number of hydrogen-bond acceptors (Lipinski definition) is 6. The highest BCUT2D eigenvalue weighted by Crippen LogP contribution is 2.29. The lowest BCUT2D eigenvalue weighted by Gasteiger charge is -2.14. The van der Waals surface area contributed by atoms with Gasteiger partial charge in [-0.25, -0.2) is 0 Å². The van der Waals surface area contributed by atoms with Gasteiger partial charge in [-0.1, -0.05) is 23.2 Å². The molecule has 7 nitrogen and oxygen atoms in total. The molecule has 0 saturated carbocycles. The topological polar surface area (TPSA) is 97.1 Å². The summed E-state index contributed by atoms with van der Waals surface area (Å²) in [5.41, 5.74) is 6.55. The number of methoxy groups -OCH3 is 1. The van der Waals surface area contributed by atoms with Crippen molar-refractivity contribution in [1.82, 2.24) is 9.97 Å². The third-order valence-electron chi connectivity index (χ3n) is 2.84. The molecule has 2 aromatic rings. The second kappa shape index (κ2) is 8.18. The lowest BCUT2D eigenvalue weighted by Crippen LogP contribution is -2.21. The normalized spacial score (nSPS) is 10.2. The number of halogens is 2. The van der Waals surface area contributed by atoms with Crippen LogP contribution in [0.3, 0.4) is 0 Å². The first-order chi connectivity index (χ1) is 11.4. The Morgan fingerprint density at radius 3 is 2.62 bits per heavy atom. The van der Waals surface area contributed by atoms with Gasteiger partial charge in [-0.15, -0.1) is 0 Å². The standard InChI is InChI=1S/C14H16Cl2N6OS/c1-3-18-12-10(23-2)11(17)20-13(21-12)22-14(24)19-7-4-5-8(15)9(16)6-7/h4-6H,3H2,1-2H3,(H5,17,18,19,20,21,22,24). The van der Waals surface area contributed by atoms with Crippen molar-refractivity contribution in [2.24, 2.45) is 0 Å². The molecule has 10 heteroatoms. The van der Waals surface area contributed by atoms with Gasteiger partial charge in [0.15, 0.2) is 16.7 Å². The minimum absolute atomic E-state index is 0.197. The average Bonchev–Trinajstić information content (AvgIpc) is 2.51.